The fourth-order valence-electron chi connectivity index (χ4n) is 1.35. The van der Waals surface area contributed by atoms with Crippen molar-refractivity contribution in [2.75, 3.05) is 5.32 Å². The number of hydrogen-bond donors (Lipinski definition) is 1. The number of anilines is 1. The molecule has 0 aliphatic rings. The number of aromatic nitrogens is 1. The van der Waals surface area contributed by atoms with Gasteiger partial charge in [0.15, 0.2) is 0 Å². The number of hydrogen-bond acceptors (Lipinski definition) is 3. The predicted molar refractivity (Wildman–Crippen MR) is 76.0 cm³/mol. The lowest BCUT2D eigenvalue weighted by Gasteiger charge is -2.14. The molecule has 0 saturated heterocycles. The van der Waals surface area contributed by atoms with Crippen molar-refractivity contribution in [2.24, 2.45) is 0 Å². The molecule has 0 spiro atoms. The standard InChI is InChI=1S/C11H10Br2N2S/c1-7(11-5-16-6-14-11)15-10-4-8(12)2-3-9(10)13/h2-7,15H,1H3. The third-order valence-corrected chi connectivity index (χ3v) is 3.98. The van der Waals surface area contributed by atoms with Crippen molar-refractivity contribution in [2.45, 2.75) is 13.0 Å². The molecule has 2 nitrogen and oxygen atoms in total. The fourth-order valence-corrected chi connectivity index (χ4v) is 2.72. The molecular weight excluding hydrogens is 352 g/mol. The zero-order valence-corrected chi connectivity index (χ0v) is 12.6. The van der Waals surface area contributed by atoms with Crippen LogP contribution in [0.2, 0.25) is 0 Å². The van der Waals surface area contributed by atoms with Gasteiger partial charge in [0, 0.05) is 14.3 Å². The average molecular weight is 362 g/mol. The number of nitrogens with zero attached hydrogens (tertiary/aromatic N) is 1. The van der Waals surface area contributed by atoms with Gasteiger partial charge in [-0.05, 0) is 41.1 Å². The van der Waals surface area contributed by atoms with Crippen molar-refractivity contribution in [3.8, 4) is 0 Å². The number of thiazole rings is 1. The predicted octanol–water partition coefficient (Wildman–Crippen LogP) is 4.84. The highest BCUT2D eigenvalue weighted by Gasteiger charge is 2.09. The van der Waals surface area contributed by atoms with Crippen LogP contribution < -0.4 is 5.32 Å². The fraction of sp³-hybridized carbons (Fsp3) is 0.182. The Morgan fingerprint density at radius 3 is 2.88 bits per heavy atom. The first-order valence-corrected chi connectivity index (χ1v) is 7.29. The second-order valence-electron chi connectivity index (χ2n) is 3.40. The summed E-state index contributed by atoms with van der Waals surface area (Å²) in [5.74, 6) is 0. The van der Waals surface area contributed by atoms with Gasteiger partial charge in [0.1, 0.15) is 0 Å². The molecule has 1 atom stereocenters. The van der Waals surface area contributed by atoms with E-state index in [2.05, 4.69) is 54.5 Å². The molecule has 16 heavy (non-hydrogen) atoms. The van der Waals surface area contributed by atoms with Crippen molar-refractivity contribution in [3.05, 3.63) is 43.7 Å². The monoisotopic (exact) mass is 360 g/mol. The van der Waals surface area contributed by atoms with E-state index in [-0.39, 0.29) is 6.04 Å². The Kier molecular flexibility index (Phi) is 4.00. The number of nitrogens with one attached hydrogen (secondary N) is 1. The first-order valence-electron chi connectivity index (χ1n) is 4.76. The summed E-state index contributed by atoms with van der Waals surface area (Å²) in [6, 6.07) is 6.27. The zero-order chi connectivity index (χ0) is 11.5. The highest BCUT2D eigenvalue weighted by atomic mass is 79.9. The van der Waals surface area contributed by atoms with Crippen LogP contribution in [0.1, 0.15) is 18.7 Å². The van der Waals surface area contributed by atoms with E-state index in [1.807, 2.05) is 23.7 Å². The third kappa shape index (κ3) is 2.84. The van der Waals surface area contributed by atoms with Gasteiger partial charge in [-0.1, -0.05) is 15.9 Å². The average Bonchev–Trinajstić information content (AvgIpc) is 2.76. The van der Waals surface area contributed by atoms with Crippen LogP contribution in [0.25, 0.3) is 0 Å². The van der Waals surface area contributed by atoms with E-state index in [4.69, 9.17) is 0 Å². The highest BCUT2D eigenvalue weighted by Crippen LogP contribution is 2.29. The largest absolute Gasteiger partial charge is 0.376 e. The molecule has 0 aliphatic carbocycles. The van der Waals surface area contributed by atoms with Gasteiger partial charge in [-0.2, -0.15) is 0 Å². The second kappa shape index (κ2) is 5.29. The van der Waals surface area contributed by atoms with E-state index in [0.717, 1.165) is 20.3 Å². The summed E-state index contributed by atoms with van der Waals surface area (Å²) in [6.07, 6.45) is 0. The highest BCUT2D eigenvalue weighted by molar-refractivity contribution is 9.11. The van der Waals surface area contributed by atoms with Gasteiger partial charge >= 0.3 is 0 Å². The van der Waals surface area contributed by atoms with Crippen molar-refractivity contribution < 1.29 is 0 Å². The molecule has 84 valence electrons. The molecule has 1 N–H and O–H groups in total. The Labute approximate surface area is 115 Å². The van der Waals surface area contributed by atoms with E-state index >= 15 is 0 Å². The summed E-state index contributed by atoms with van der Waals surface area (Å²) in [5, 5.41) is 5.48. The van der Waals surface area contributed by atoms with Gasteiger partial charge in [0.05, 0.1) is 22.9 Å². The molecule has 5 heteroatoms. The number of benzene rings is 1. The minimum absolute atomic E-state index is 0.205. The minimum Gasteiger partial charge on any atom is -0.376 e. The van der Waals surface area contributed by atoms with Crippen LogP contribution >= 0.6 is 43.2 Å². The number of halogens is 2. The topological polar surface area (TPSA) is 24.9 Å². The Hall–Kier alpha value is -0.390. The van der Waals surface area contributed by atoms with Gasteiger partial charge in [-0.3, -0.25) is 0 Å². The smallest absolute Gasteiger partial charge is 0.0795 e. The van der Waals surface area contributed by atoms with E-state index in [1.54, 1.807) is 11.3 Å². The third-order valence-electron chi connectivity index (χ3n) is 2.20. The summed E-state index contributed by atoms with van der Waals surface area (Å²) >= 11 is 8.60. The molecule has 0 saturated carbocycles. The van der Waals surface area contributed by atoms with Crippen LogP contribution in [0, 0.1) is 0 Å². The summed E-state index contributed by atoms with van der Waals surface area (Å²) < 4.78 is 2.11. The first kappa shape index (κ1) is 12.1. The molecule has 0 aliphatic heterocycles. The maximum atomic E-state index is 4.29. The molecule has 0 fully saturated rings. The van der Waals surface area contributed by atoms with Crippen molar-refractivity contribution in [1.29, 1.82) is 0 Å². The van der Waals surface area contributed by atoms with E-state index in [9.17, 15) is 0 Å². The lowest BCUT2D eigenvalue weighted by Crippen LogP contribution is -2.07. The summed E-state index contributed by atoms with van der Waals surface area (Å²) in [6.45, 7) is 2.10. The van der Waals surface area contributed by atoms with Gasteiger partial charge in [0.2, 0.25) is 0 Å². The SMILES string of the molecule is CC(Nc1cc(Br)ccc1Br)c1cscn1. The molecular formula is C11H10Br2N2S. The minimum atomic E-state index is 0.205. The summed E-state index contributed by atoms with van der Waals surface area (Å²) in [4.78, 5) is 4.29. The normalized spacial score (nSPS) is 12.4. The molecule has 1 heterocycles. The molecule has 2 rings (SSSR count). The van der Waals surface area contributed by atoms with Crippen LogP contribution in [-0.2, 0) is 0 Å². The van der Waals surface area contributed by atoms with E-state index in [1.165, 1.54) is 0 Å². The molecule has 0 amide bonds. The zero-order valence-electron chi connectivity index (χ0n) is 8.58. The van der Waals surface area contributed by atoms with Crippen LogP contribution in [0.15, 0.2) is 38.0 Å². The van der Waals surface area contributed by atoms with Crippen LogP contribution in [-0.4, -0.2) is 4.98 Å². The molecule has 1 aromatic heterocycles. The van der Waals surface area contributed by atoms with Crippen LogP contribution in [0.4, 0.5) is 5.69 Å². The van der Waals surface area contributed by atoms with Gasteiger partial charge in [-0.15, -0.1) is 11.3 Å². The van der Waals surface area contributed by atoms with Gasteiger partial charge < -0.3 is 5.32 Å². The summed E-state index contributed by atoms with van der Waals surface area (Å²) in [7, 11) is 0. The lowest BCUT2D eigenvalue weighted by molar-refractivity contribution is 0.849. The Balaban J connectivity index is 2.17. The van der Waals surface area contributed by atoms with Gasteiger partial charge in [0.25, 0.3) is 0 Å². The van der Waals surface area contributed by atoms with Crippen molar-refractivity contribution >= 4 is 48.9 Å². The second-order valence-corrected chi connectivity index (χ2v) is 5.89. The lowest BCUT2D eigenvalue weighted by atomic mass is 10.2. The number of rotatable bonds is 3. The van der Waals surface area contributed by atoms with Gasteiger partial charge in [-0.25, -0.2) is 4.98 Å². The quantitative estimate of drug-likeness (QED) is 0.845. The van der Waals surface area contributed by atoms with E-state index < -0.39 is 0 Å². The Morgan fingerprint density at radius 1 is 1.38 bits per heavy atom. The molecule has 0 bridgehead atoms. The van der Waals surface area contributed by atoms with E-state index in [0.29, 0.717) is 0 Å². The maximum Gasteiger partial charge on any atom is 0.0795 e. The molecule has 2 aromatic rings. The van der Waals surface area contributed by atoms with Crippen molar-refractivity contribution in [3.63, 3.8) is 0 Å². The first-order chi connectivity index (χ1) is 7.66. The molecule has 1 unspecified atom stereocenters. The Bertz CT molecular complexity index is 471. The molecule has 1 aromatic carbocycles. The Morgan fingerprint density at radius 2 is 2.19 bits per heavy atom. The summed E-state index contributed by atoms with van der Waals surface area (Å²) in [5.41, 5.74) is 3.98. The molecule has 0 radical (unpaired) electrons. The van der Waals surface area contributed by atoms with Crippen LogP contribution in [0.3, 0.4) is 0 Å². The van der Waals surface area contributed by atoms with Crippen molar-refractivity contribution in [1.82, 2.24) is 4.98 Å². The maximum absolute atomic E-state index is 4.29. The van der Waals surface area contributed by atoms with Crippen LogP contribution in [0.5, 0.6) is 0 Å².